The number of para-hydroxylation sites is 1. The zero-order valence-electron chi connectivity index (χ0n) is 32.8. The highest BCUT2D eigenvalue weighted by molar-refractivity contribution is 6.93. The second-order valence-electron chi connectivity index (χ2n) is 18.4. The van der Waals surface area contributed by atoms with E-state index in [1.54, 1.807) is 0 Å². The fourth-order valence-electron chi connectivity index (χ4n) is 8.62. The summed E-state index contributed by atoms with van der Waals surface area (Å²) in [5.74, 6) is 0. The summed E-state index contributed by atoms with van der Waals surface area (Å²) in [7, 11) is 0. The number of furan rings is 1. The first-order chi connectivity index (χ1) is 25.1. The Morgan fingerprint density at radius 1 is 0.528 bits per heavy atom. The third-order valence-corrected chi connectivity index (χ3v) is 11.6. The molecule has 0 aliphatic carbocycles. The van der Waals surface area contributed by atoms with Gasteiger partial charge in [0.2, 0.25) is 0 Å². The van der Waals surface area contributed by atoms with Crippen LogP contribution in [0.5, 0.6) is 0 Å². The van der Waals surface area contributed by atoms with Crippen molar-refractivity contribution < 1.29 is 4.42 Å². The Balaban J connectivity index is 1.40. The normalized spacial score (nSPS) is 14.1. The van der Waals surface area contributed by atoms with Crippen molar-refractivity contribution in [1.82, 2.24) is 0 Å². The SMILES string of the molecule is Cc1cc2c3c(c1)N(c1ccc(C(C)(C)C)cc1)c1ccc(C(C)(C)C)cc1B3N(c1ccc(C(C)(C)C)cc1)c1c-2ccc2c1oc1ccccc12. The predicted octanol–water partition coefficient (Wildman–Crippen LogP) is 12.5. The number of aryl methyl sites for hydroxylation is 1. The Bertz CT molecular complexity index is 2570. The number of rotatable bonds is 2. The van der Waals surface area contributed by atoms with Gasteiger partial charge in [-0.05, 0) is 110 Å². The highest BCUT2D eigenvalue weighted by atomic mass is 16.3. The first-order valence-corrected chi connectivity index (χ1v) is 19.1. The van der Waals surface area contributed by atoms with Crippen molar-refractivity contribution in [2.24, 2.45) is 0 Å². The van der Waals surface area contributed by atoms with Gasteiger partial charge in [-0.3, -0.25) is 0 Å². The minimum absolute atomic E-state index is 0.0254. The topological polar surface area (TPSA) is 19.6 Å². The van der Waals surface area contributed by atoms with E-state index in [0.29, 0.717) is 0 Å². The Morgan fingerprint density at radius 3 is 1.77 bits per heavy atom. The highest BCUT2D eigenvalue weighted by Crippen LogP contribution is 2.51. The lowest BCUT2D eigenvalue weighted by Crippen LogP contribution is -2.61. The zero-order valence-corrected chi connectivity index (χ0v) is 32.8. The van der Waals surface area contributed by atoms with Gasteiger partial charge >= 0.3 is 6.85 Å². The van der Waals surface area contributed by atoms with E-state index in [4.69, 9.17) is 4.42 Å². The second-order valence-corrected chi connectivity index (χ2v) is 18.4. The van der Waals surface area contributed by atoms with Crippen molar-refractivity contribution in [3.63, 3.8) is 0 Å². The Kier molecular flexibility index (Phi) is 7.22. The summed E-state index contributed by atoms with van der Waals surface area (Å²) in [5.41, 5.74) is 18.2. The van der Waals surface area contributed by atoms with Crippen molar-refractivity contribution in [3.05, 3.63) is 138 Å². The summed E-state index contributed by atoms with van der Waals surface area (Å²) in [4.78, 5) is 5.11. The van der Waals surface area contributed by atoms with Gasteiger partial charge in [-0.15, -0.1) is 0 Å². The number of anilines is 5. The van der Waals surface area contributed by atoms with E-state index in [-0.39, 0.29) is 23.1 Å². The quantitative estimate of drug-likeness (QED) is 0.168. The van der Waals surface area contributed by atoms with Gasteiger partial charge in [0.1, 0.15) is 5.58 Å². The van der Waals surface area contributed by atoms with Crippen LogP contribution >= 0.6 is 0 Å². The van der Waals surface area contributed by atoms with Crippen LogP contribution in [0.4, 0.5) is 28.4 Å². The summed E-state index contributed by atoms with van der Waals surface area (Å²) < 4.78 is 6.91. The Morgan fingerprint density at radius 2 is 1.13 bits per heavy atom. The maximum absolute atomic E-state index is 6.91. The van der Waals surface area contributed by atoms with Gasteiger partial charge in [0, 0.05) is 39.1 Å². The lowest BCUT2D eigenvalue weighted by atomic mass is 9.43. The van der Waals surface area contributed by atoms with Crippen LogP contribution in [0.1, 0.15) is 84.6 Å². The molecule has 3 heterocycles. The number of hydrogen-bond acceptors (Lipinski definition) is 3. The second kappa shape index (κ2) is 11.4. The smallest absolute Gasteiger partial charge is 0.333 e. The van der Waals surface area contributed by atoms with E-state index < -0.39 is 0 Å². The van der Waals surface area contributed by atoms with Crippen molar-refractivity contribution in [2.45, 2.75) is 85.5 Å². The predicted molar refractivity (Wildman–Crippen MR) is 228 cm³/mol. The van der Waals surface area contributed by atoms with E-state index in [1.165, 1.54) is 61.4 Å². The molecule has 3 nitrogen and oxygen atoms in total. The fourth-order valence-corrected chi connectivity index (χ4v) is 8.62. The zero-order chi connectivity index (χ0) is 37.2. The minimum atomic E-state index is -0.0882. The van der Waals surface area contributed by atoms with Crippen LogP contribution in [0.3, 0.4) is 0 Å². The molecule has 6 aromatic carbocycles. The largest absolute Gasteiger partial charge is 0.454 e. The van der Waals surface area contributed by atoms with Crippen molar-refractivity contribution in [3.8, 4) is 11.1 Å². The first kappa shape index (κ1) is 33.6. The maximum atomic E-state index is 6.91. The molecule has 0 saturated heterocycles. The van der Waals surface area contributed by atoms with E-state index in [0.717, 1.165) is 33.3 Å². The molecule has 0 atom stereocenters. The molecule has 7 aromatic rings. The summed E-state index contributed by atoms with van der Waals surface area (Å²) in [6.45, 7) is 22.8. The molecule has 4 heteroatoms. The molecule has 0 radical (unpaired) electrons. The molecule has 0 fully saturated rings. The van der Waals surface area contributed by atoms with Crippen LogP contribution < -0.4 is 20.6 Å². The van der Waals surface area contributed by atoms with Gasteiger partial charge in [0.05, 0.1) is 5.69 Å². The number of hydrogen-bond donors (Lipinski definition) is 0. The van der Waals surface area contributed by atoms with Gasteiger partial charge in [-0.1, -0.05) is 129 Å². The molecule has 2 aliphatic heterocycles. The third-order valence-electron chi connectivity index (χ3n) is 11.6. The molecule has 264 valence electrons. The highest BCUT2D eigenvalue weighted by Gasteiger charge is 2.46. The van der Waals surface area contributed by atoms with Crippen LogP contribution in [0, 0.1) is 6.92 Å². The van der Waals surface area contributed by atoms with Crippen molar-refractivity contribution in [2.75, 3.05) is 9.71 Å². The summed E-state index contributed by atoms with van der Waals surface area (Å²) in [6, 6.07) is 43.6. The monoisotopic (exact) mass is 692 g/mol. The van der Waals surface area contributed by atoms with Crippen molar-refractivity contribution in [1.29, 1.82) is 0 Å². The van der Waals surface area contributed by atoms with Gasteiger partial charge in [-0.2, -0.15) is 0 Å². The lowest BCUT2D eigenvalue weighted by Gasteiger charge is -2.46. The molecule has 0 saturated carbocycles. The van der Waals surface area contributed by atoms with E-state index >= 15 is 0 Å². The summed E-state index contributed by atoms with van der Waals surface area (Å²) in [6.07, 6.45) is 0. The minimum Gasteiger partial charge on any atom is -0.454 e. The Labute approximate surface area is 315 Å². The molecule has 2 aliphatic rings. The number of benzene rings is 6. The summed E-state index contributed by atoms with van der Waals surface area (Å²) >= 11 is 0. The maximum Gasteiger partial charge on any atom is 0.333 e. The first-order valence-electron chi connectivity index (χ1n) is 19.1. The lowest BCUT2D eigenvalue weighted by molar-refractivity contribution is 0.590. The average Bonchev–Trinajstić information content (AvgIpc) is 3.49. The molecule has 9 rings (SSSR count). The van der Waals surface area contributed by atoms with E-state index in [1.807, 2.05) is 0 Å². The molecule has 1 aromatic heterocycles. The van der Waals surface area contributed by atoms with Crippen LogP contribution in [-0.4, -0.2) is 6.85 Å². The molecule has 0 N–H and O–H groups in total. The molecule has 0 unspecified atom stereocenters. The fraction of sp³-hybridized carbons (Fsp3) is 0.265. The van der Waals surface area contributed by atoms with Gasteiger partial charge in [0.25, 0.3) is 0 Å². The van der Waals surface area contributed by atoms with Crippen LogP contribution in [-0.2, 0) is 16.2 Å². The summed E-state index contributed by atoms with van der Waals surface area (Å²) in [5, 5.41) is 2.29. The van der Waals surface area contributed by atoms with Crippen LogP contribution in [0.2, 0.25) is 0 Å². The molecule has 53 heavy (non-hydrogen) atoms. The molecule has 0 bridgehead atoms. The average molecular weight is 693 g/mol. The number of nitrogens with zero attached hydrogens (tertiary/aromatic N) is 2. The molecular weight excluding hydrogens is 643 g/mol. The molecular formula is C49H49BN2O. The van der Waals surface area contributed by atoms with Gasteiger partial charge in [0.15, 0.2) is 5.58 Å². The molecule has 0 spiro atoms. The van der Waals surface area contributed by atoms with Crippen LogP contribution in [0.25, 0.3) is 33.1 Å². The van der Waals surface area contributed by atoms with Gasteiger partial charge in [-0.25, -0.2) is 0 Å². The molecule has 0 amide bonds. The van der Waals surface area contributed by atoms with Gasteiger partial charge < -0.3 is 14.1 Å². The Hall–Kier alpha value is -5.22. The standard InChI is InChI=1S/C49H49BN2O/c1-30-27-39-37-24-25-38-36-13-11-12-14-43(36)53-46(38)45(37)52(35-22-17-32(18-23-35)48(5,6)7)50-40-29-33(49(8,9)10)19-26-41(40)51(42(28-30)44(39)50)34-20-15-31(16-21-34)47(2,3)4/h11-29H,1-10H3. The van der Waals surface area contributed by atoms with Crippen LogP contribution in [0.15, 0.2) is 120 Å². The number of fused-ring (bicyclic) bond motifs is 8. The van der Waals surface area contributed by atoms with E-state index in [9.17, 15) is 0 Å². The van der Waals surface area contributed by atoms with Crippen molar-refractivity contribution >= 4 is 68.1 Å². The third kappa shape index (κ3) is 5.24. The van der Waals surface area contributed by atoms with E-state index in [2.05, 4.69) is 194 Å².